The van der Waals surface area contributed by atoms with Crippen LogP contribution in [0.25, 0.3) is 0 Å². The van der Waals surface area contributed by atoms with Crippen LogP contribution >= 0.6 is 11.3 Å². The van der Waals surface area contributed by atoms with E-state index in [-0.39, 0.29) is 18.2 Å². The minimum absolute atomic E-state index is 0.0559. The fourth-order valence-electron chi connectivity index (χ4n) is 4.45. The molecule has 1 aromatic heterocycles. The second-order valence-corrected chi connectivity index (χ2v) is 9.06. The predicted octanol–water partition coefficient (Wildman–Crippen LogP) is 2.57. The highest BCUT2D eigenvalue weighted by Crippen LogP contribution is 2.35. The molecule has 2 aliphatic heterocycles. The van der Waals surface area contributed by atoms with Crippen LogP contribution < -0.4 is 10.6 Å². The fourth-order valence-corrected chi connectivity index (χ4v) is 5.34. The number of urea groups is 1. The smallest absolute Gasteiger partial charge is 0.322 e. The van der Waals surface area contributed by atoms with Crippen LogP contribution in [-0.4, -0.2) is 46.4 Å². The van der Waals surface area contributed by atoms with Crippen molar-refractivity contribution in [2.75, 3.05) is 13.1 Å². The quantitative estimate of drug-likeness (QED) is 0.730. The summed E-state index contributed by atoms with van der Waals surface area (Å²) in [4.78, 5) is 44.4. The third kappa shape index (κ3) is 3.58. The number of imide groups is 1. The van der Waals surface area contributed by atoms with Gasteiger partial charge in [-0.3, -0.25) is 14.9 Å². The summed E-state index contributed by atoms with van der Waals surface area (Å²) in [5, 5.41) is 5.94. The van der Waals surface area contributed by atoms with Gasteiger partial charge < -0.3 is 10.2 Å². The number of carbonyl (C=O) groups excluding carboxylic acids is 3. The summed E-state index contributed by atoms with van der Waals surface area (Å²) in [7, 11) is 0. The molecular weight excluding hydrogens is 407 g/mol. The molecule has 2 aromatic rings. The lowest BCUT2D eigenvalue weighted by molar-refractivity contribution is -0.126. The highest BCUT2D eigenvalue weighted by molar-refractivity contribution is 7.13. The highest BCUT2D eigenvalue weighted by atomic mass is 32.1. The van der Waals surface area contributed by atoms with E-state index in [1.54, 1.807) is 23.1 Å². The first kappa shape index (κ1) is 20.5. The van der Waals surface area contributed by atoms with Gasteiger partial charge in [0.1, 0.15) is 16.2 Å². The van der Waals surface area contributed by atoms with Gasteiger partial charge in [-0.05, 0) is 44.2 Å². The number of thiazole rings is 1. The van der Waals surface area contributed by atoms with Crippen molar-refractivity contribution in [2.24, 2.45) is 5.92 Å². The van der Waals surface area contributed by atoms with Gasteiger partial charge in [-0.15, -0.1) is 11.3 Å². The summed E-state index contributed by atoms with van der Waals surface area (Å²) in [6.07, 6.45) is 1.14. The molecule has 7 nitrogen and oxygen atoms in total. The Morgan fingerprint density at radius 1 is 1.27 bits per heavy atom. The van der Waals surface area contributed by atoms with Gasteiger partial charge in [0.25, 0.3) is 11.8 Å². The molecule has 0 aliphatic carbocycles. The van der Waals surface area contributed by atoms with E-state index in [0.717, 1.165) is 10.7 Å². The van der Waals surface area contributed by atoms with E-state index < -0.39 is 23.3 Å². The zero-order valence-corrected chi connectivity index (χ0v) is 17.6. The Hall–Kier alpha value is -2.81. The number of hydrogen-bond acceptors (Lipinski definition) is 5. The first-order chi connectivity index (χ1) is 14.3. The lowest BCUT2D eigenvalue weighted by Gasteiger charge is -2.40. The SMILES string of the molecule is Cc1nc(C)c(C(=O)N2CCC([C@@]3(Cc4ccccc4F)NC(=O)NC3=O)CC2)s1. The zero-order chi connectivity index (χ0) is 21.5. The van der Waals surface area contributed by atoms with E-state index in [1.807, 2.05) is 13.8 Å². The number of nitrogens with zero attached hydrogens (tertiary/aromatic N) is 2. The third-order valence-corrected chi connectivity index (χ3v) is 7.03. The van der Waals surface area contributed by atoms with E-state index >= 15 is 0 Å². The van der Waals surface area contributed by atoms with Gasteiger partial charge in [0, 0.05) is 19.5 Å². The number of aryl methyl sites for hydroxylation is 2. The first-order valence-electron chi connectivity index (χ1n) is 9.90. The first-order valence-corrected chi connectivity index (χ1v) is 10.7. The Morgan fingerprint density at radius 2 is 1.97 bits per heavy atom. The van der Waals surface area contributed by atoms with Crippen molar-refractivity contribution in [1.82, 2.24) is 20.5 Å². The molecule has 30 heavy (non-hydrogen) atoms. The van der Waals surface area contributed by atoms with E-state index in [9.17, 15) is 18.8 Å². The Morgan fingerprint density at radius 3 is 2.53 bits per heavy atom. The molecule has 1 atom stereocenters. The average Bonchev–Trinajstić information content (AvgIpc) is 3.20. The van der Waals surface area contributed by atoms with Gasteiger partial charge in [0.05, 0.1) is 10.7 Å². The van der Waals surface area contributed by atoms with Gasteiger partial charge in [-0.2, -0.15) is 0 Å². The van der Waals surface area contributed by atoms with Crippen molar-refractivity contribution in [2.45, 2.75) is 38.6 Å². The normalized spacial score (nSPS) is 22.2. The molecule has 4 amide bonds. The average molecular weight is 431 g/mol. The Bertz CT molecular complexity index is 1020. The number of rotatable bonds is 4. The molecule has 0 unspecified atom stereocenters. The minimum Gasteiger partial charge on any atom is -0.338 e. The zero-order valence-electron chi connectivity index (χ0n) is 16.8. The number of likely N-dealkylation sites (tertiary alicyclic amines) is 1. The maximum Gasteiger partial charge on any atom is 0.322 e. The van der Waals surface area contributed by atoms with Crippen LogP contribution in [-0.2, 0) is 11.2 Å². The van der Waals surface area contributed by atoms with Crippen LogP contribution in [0.1, 0.15) is 38.8 Å². The van der Waals surface area contributed by atoms with Gasteiger partial charge >= 0.3 is 6.03 Å². The summed E-state index contributed by atoms with van der Waals surface area (Å²) < 4.78 is 14.3. The molecule has 2 aliphatic rings. The van der Waals surface area contributed by atoms with Crippen LogP contribution in [0, 0.1) is 25.6 Å². The number of hydrogen-bond donors (Lipinski definition) is 2. The standard InChI is InChI=1S/C21H23FN4O3S/c1-12-17(30-13(2)23-12)18(27)26-9-7-15(8-10-26)21(19(28)24-20(29)25-21)11-14-5-3-4-6-16(14)22/h3-6,15H,7-11H2,1-2H3,(H2,24,25,28,29)/t21-/m1/s1. The second kappa shape index (κ2) is 7.79. The number of halogens is 1. The number of carbonyl (C=O) groups is 3. The number of amides is 4. The van der Waals surface area contributed by atoms with Crippen molar-refractivity contribution in [3.05, 3.63) is 51.2 Å². The van der Waals surface area contributed by atoms with Crippen LogP contribution in [0.5, 0.6) is 0 Å². The van der Waals surface area contributed by atoms with Gasteiger partial charge in [0.15, 0.2) is 0 Å². The monoisotopic (exact) mass is 430 g/mol. The molecule has 0 bridgehead atoms. The van der Waals surface area contributed by atoms with E-state index in [1.165, 1.54) is 17.4 Å². The molecule has 0 saturated carbocycles. The maximum atomic E-state index is 14.3. The molecule has 2 N–H and O–H groups in total. The third-order valence-electron chi connectivity index (χ3n) is 5.97. The van der Waals surface area contributed by atoms with Crippen molar-refractivity contribution in [3.8, 4) is 0 Å². The summed E-state index contributed by atoms with van der Waals surface area (Å²) in [5.74, 6) is -1.11. The highest BCUT2D eigenvalue weighted by Gasteiger charge is 2.52. The number of nitrogens with one attached hydrogen (secondary N) is 2. The number of benzene rings is 1. The summed E-state index contributed by atoms with van der Waals surface area (Å²) >= 11 is 1.38. The van der Waals surface area contributed by atoms with Gasteiger partial charge in [-0.1, -0.05) is 18.2 Å². The van der Waals surface area contributed by atoms with E-state index in [4.69, 9.17) is 0 Å². The van der Waals surface area contributed by atoms with Gasteiger partial charge in [0.2, 0.25) is 0 Å². The Kier molecular flexibility index (Phi) is 5.31. The minimum atomic E-state index is -1.22. The Balaban J connectivity index is 1.53. The van der Waals surface area contributed by atoms with E-state index in [0.29, 0.717) is 36.4 Å². The van der Waals surface area contributed by atoms with Crippen LogP contribution in [0.4, 0.5) is 9.18 Å². The van der Waals surface area contributed by atoms with Crippen molar-refractivity contribution in [1.29, 1.82) is 0 Å². The molecule has 158 valence electrons. The fraction of sp³-hybridized carbons (Fsp3) is 0.429. The molecular formula is C21H23FN4O3S. The molecule has 2 saturated heterocycles. The number of piperidine rings is 1. The molecule has 9 heteroatoms. The van der Waals surface area contributed by atoms with Crippen LogP contribution in [0.3, 0.4) is 0 Å². The topological polar surface area (TPSA) is 91.4 Å². The number of aromatic nitrogens is 1. The summed E-state index contributed by atoms with van der Waals surface area (Å²) in [6.45, 7) is 4.62. The van der Waals surface area contributed by atoms with Crippen LogP contribution in [0.2, 0.25) is 0 Å². The molecule has 2 fully saturated rings. The van der Waals surface area contributed by atoms with Crippen molar-refractivity contribution >= 4 is 29.2 Å². The van der Waals surface area contributed by atoms with E-state index in [2.05, 4.69) is 15.6 Å². The van der Waals surface area contributed by atoms with Gasteiger partial charge in [-0.25, -0.2) is 14.2 Å². The lowest BCUT2D eigenvalue weighted by Crippen LogP contribution is -2.58. The lowest BCUT2D eigenvalue weighted by atomic mass is 9.74. The largest absolute Gasteiger partial charge is 0.338 e. The predicted molar refractivity (Wildman–Crippen MR) is 110 cm³/mol. The van der Waals surface area contributed by atoms with Crippen molar-refractivity contribution < 1.29 is 18.8 Å². The maximum absolute atomic E-state index is 14.3. The Labute approximate surface area is 177 Å². The van der Waals surface area contributed by atoms with Crippen molar-refractivity contribution in [3.63, 3.8) is 0 Å². The molecule has 0 radical (unpaired) electrons. The van der Waals surface area contributed by atoms with Crippen LogP contribution in [0.15, 0.2) is 24.3 Å². The second-order valence-electron chi connectivity index (χ2n) is 7.86. The summed E-state index contributed by atoms with van der Waals surface area (Å²) in [6, 6.07) is 5.71. The summed E-state index contributed by atoms with van der Waals surface area (Å²) in [5.41, 5.74) is -0.113. The molecule has 1 aromatic carbocycles. The molecule has 3 heterocycles. The molecule has 4 rings (SSSR count). The molecule has 0 spiro atoms.